The molecule has 244 valence electrons. The molecule has 0 spiro atoms. The van der Waals surface area contributed by atoms with E-state index >= 15 is 0 Å². The Morgan fingerprint density at radius 1 is 0.327 bits per heavy atom. The lowest BCUT2D eigenvalue weighted by Crippen LogP contribution is -2.09. The van der Waals surface area contributed by atoms with E-state index in [4.69, 9.17) is 4.42 Å². The Morgan fingerprint density at radius 2 is 0.942 bits per heavy atom. The van der Waals surface area contributed by atoms with Crippen LogP contribution in [0.2, 0.25) is 0 Å². The lowest BCUT2D eigenvalue weighted by Gasteiger charge is -2.26. The molecule has 0 aliphatic carbocycles. The van der Waals surface area contributed by atoms with Gasteiger partial charge in [0.2, 0.25) is 0 Å². The monoisotopic (exact) mass is 663 g/mol. The Balaban J connectivity index is 1.04. The molecule has 0 atom stereocenters. The first-order chi connectivity index (χ1) is 25.8. The van der Waals surface area contributed by atoms with Crippen LogP contribution in [0.3, 0.4) is 0 Å². The number of furan rings is 1. The normalized spacial score (nSPS) is 11.5. The maximum absolute atomic E-state index is 6.53. The van der Waals surface area contributed by atoms with Gasteiger partial charge in [0.1, 0.15) is 11.2 Å². The number of hydrogen-bond donors (Lipinski definition) is 0. The summed E-state index contributed by atoms with van der Waals surface area (Å²) in [5.41, 5.74) is 12.2. The molecule has 2 heteroatoms. The second kappa shape index (κ2) is 12.5. The zero-order chi connectivity index (χ0) is 34.4. The Labute approximate surface area is 302 Å². The van der Waals surface area contributed by atoms with Gasteiger partial charge in [-0.3, -0.25) is 0 Å². The minimum absolute atomic E-state index is 0.898. The van der Waals surface area contributed by atoms with Crippen molar-refractivity contribution >= 4 is 60.5 Å². The van der Waals surface area contributed by atoms with Crippen LogP contribution in [0.1, 0.15) is 0 Å². The van der Waals surface area contributed by atoms with Crippen molar-refractivity contribution in [3.8, 4) is 33.4 Å². The maximum atomic E-state index is 6.53. The minimum Gasteiger partial charge on any atom is -0.455 e. The van der Waals surface area contributed by atoms with E-state index in [1.807, 2.05) is 0 Å². The molecule has 0 saturated heterocycles. The molecule has 10 aromatic rings. The predicted octanol–water partition coefficient (Wildman–Crippen LogP) is 14.4. The van der Waals surface area contributed by atoms with Gasteiger partial charge in [-0.15, -0.1) is 0 Å². The molecular weight excluding hydrogens is 631 g/mol. The lowest BCUT2D eigenvalue weighted by molar-refractivity contribution is 0.673. The van der Waals surface area contributed by atoms with Crippen molar-refractivity contribution in [2.75, 3.05) is 4.90 Å². The molecule has 0 N–H and O–H groups in total. The van der Waals surface area contributed by atoms with Gasteiger partial charge >= 0.3 is 0 Å². The van der Waals surface area contributed by atoms with Crippen LogP contribution in [0.25, 0.3) is 76.9 Å². The van der Waals surface area contributed by atoms with Crippen molar-refractivity contribution in [1.82, 2.24) is 0 Å². The molecule has 0 saturated carbocycles. The Bertz CT molecular complexity index is 2900. The van der Waals surface area contributed by atoms with Crippen molar-refractivity contribution in [1.29, 1.82) is 0 Å². The quantitative estimate of drug-likeness (QED) is 0.176. The van der Waals surface area contributed by atoms with E-state index in [1.54, 1.807) is 0 Å². The summed E-state index contributed by atoms with van der Waals surface area (Å²) in [5.74, 6) is 0. The molecule has 52 heavy (non-hydrogen) atoms. The van der Waals surface area contributed by atoms with E-state index in [1.165, 1.54) is 38.4 Å². The zero-order valence-corrected chi connectivity index (χ0v) is 28.4. The standard InChI is InChI=1S/C50H33NO/c1-2-17-42(18-3-1)51(43-28-25-35(26-29-43)38-14-8-15-39(31-38)40-24-23-34-11-4-5-13-37(34)32-40)44-19-9-16-41(33-44)45-21-10-22-48-49(45)47-30-27-36-12-6-7-20-46(36)50(47)52-48/h1-33H. The highest BCUT2D eigenvalue weighted by atomic mass is 16.3. The minimum atomic E-state index is 0.898. The number of anilines is 3. The molecule has 0 bridgehead atoms. The number of nitrogens with zero attached hydrogens (tertiary/aromatic N) is 1. The fourth-order valence-corrected chi connectivity index (χ4v) is 7.68. The third-order valence-corrected chi connectivity index (χ3v) is 10.2. The van der Waals surface area contributed by atoms with Gasteiger partial charge in [0.05, 0.1) is 0 Å². The van der Waals surface area contributed by atoms with Gasteiger partial charge in [-0.05, 0) is 110 Å². The third kappa shape index (κ3) is 5.21. The molecule has 1 heterocycles. The van der Waals surface area contributed by atoms with Crippen molar-refractivity contribution in [2.45, 2.75) is 0 Å². The van der Waals surface area contributed by atoms with Crippen molar-refractivity contribution in [2.24, 2.45) is 0 Å². The van der Waals surface area contributed by atoms with Crippen LogP contribution in [-0.4, -0.2) is 0 Å². The molecule has 0 aliphatic rings. The molecule has 2 nitrogen and oxygen atoms in total. The number of hydrogen-bond acceptors (Lipinski definition) is 2. The summed E-state index contributed by atoms with van der Waals surface area (Å²) < 4.78 is 6.53. The van der Waals surface area contributed by atoms with Gasteiger partial charge in [-0.25, -0.2) is 0 Å². The molecule has 0 aliphatic heterocycles. The van der Waals surface area contributed by atoms with Gasteiger partial charge < -0.3 is 9.32 Å². The van der Waals surface area contributed by atoms with Crippen LogP contribution in [0.5, 0.6) is 0 Å². The SMILES string of the molecule is c1ccc(N(c2ccc(-c3cccc(-c4ccc5ccccc5c4)c3)cc2)c2cccc(-c3cccc4oc5c6ccccc6ccc5c34)c2)cc1. The Hall–Kier alpha value is -6.90. The van der Waals surface area contributed by atoms with E-state index in [2.05, 4.69) is 205 Å². The average molecular weight is 664 g/mol. The van der Waals surface area contributed by atoms with Crippen LogP contribution in [0.15, 0.2) is 205 Å². The molecule has 9 aromatic carbocycles. The number of fused-ring (bicyclic) bond motifs is 6. The molecular formula is C50H33NO. The number of para-hydroxylation sites is 1. The van der Waals surface area contributed by atoms with Crippen LogP contribution >= 0.6 is 0 Å². The summed E-state index contributed by atoms with van der Waals surface area (Å²) in [6, 6.07) is 71.7. The number of benzene rings is 9. The van der Waals surface area contributed by atoms with Gasteiger partial charge in [0.25, 0.3) is 0 Å². The first-order valence-corrected chi connectivity index (χ1v) is 17.8. The average Bonchev–Trinajstić information content (AvgIpc) is 3.61. The summed E-state index contributed by atoms with van der Waals surface area (Å²) in [5, 5.41) is 7.10. The summed E-state index contributed by atoms with van der Waals surface area (Å²) in [7, 11) is 0. The molecule has 0 fully saturated rings. The van der Waals surface area contributed by atoms with E-state index in [-0.39, 0.29) is 0 Å². The fourth-order valence-electron chi connectivity index (χ4n) is 7.68. The van der Waals surface area contributed by atoms with Gasteiger partial charge in [0.15, 0.2) is 0 Å². The molecule has 10 rings (SSSR count). The van der Waals surface area contributed by atoms with Gasteiger partial charge in [-0.1, -0.05) is 140 Å². The van der Waals surface area contributed by atoms with E-state index in [9.17, 15) is 0 Å². The lowest BCUT2D eigenvalue weighted by atomic mass is 9.97. The van der Waals surface area contributed by atoms with Crippen LogP contribution in [-0.2, 0) is 0 Å². The highest BCUT2D eigenvalue weighted by Gasteiger charge is 2.17. The molecule has 0 radical (unpaired) electrons. The molecule has 1 aromatic heterocycles. The van der Waals surface area contributed by atoms with Gasteiger partial charge in [0, 0.05) is 33.2 Å². The maximum Gasteiger partial charge on any atom is 0.143 e. The third-order valence-electron chi connectivity index (χ3n) is 10.2. The summed E-state index contributed by atoms with van der Waals surface area (Å²) in [4.78, 5) is 2.33. The predicted molar refractivity (Wildman–Crippen MR) is 220 cm³/mol. The van der Waals surface area contributed by atoms with E-state index in [0.29, 0.717) is 0 Å². The van der Waals surface area contributed by atoms with E-state index in [0.717, 1.165) is 55.5 Å². The second-order valence-corrected chi connectivity index (χ2v) is 13.4. The second-order valence-electron chi connectivity index (χ2n) is 13.4. The van der Waals surface area contributed by atoms with Crippen molar-refractivity contribution in [3.05, 3.63) is 200 Å². The highest BCUT2D eigenvalue weighted by Crippen LogP contribution is 2.42. The Kier molecular flexibility index (Phi) is 7.18. The van der Waals surface area contributed by atoms with Crippen LogP contribution in [0, 0.1) is 0 Å². The number of rotatable bonds is 6. The largest absolute Gasteiger partial charge is 0.455 e. The smallest absolute Gasteiger partial charge is 0.143 e. The van der Waals surface area contributed by atoms with Crippen LogP contribution < -0.4 is 4.90 Å². The first kappa shape index (κ1) is 30.0. The first-order valence-electron chi connectivity index (χ1n) is 17.8. The molecule has 0 amide bonds. The van der Waals surface area contributed by atoms with Gasteiger partial charge in [-0.2, -0.15) is 0 Å². The van der Waals surface area contributed by atoms with E-state index < -0.39 is 0 Å². The summed E-state index contributed by atoms with van der Waals surface area (Å²) >= 11 is 0. The zero-order valence-electron chi connectivity index (χ0n) is 28.4. The van der Waals surface area contributed by atoms with Crippen molar-refractivity contribution < 1.29 is 4.42 Å². The Morgan fingerprint density at radius 3 is 1.81 bits per heavy atom. The van der Waals surface area contributed by atoms with Crippen LogP contribution in [0.4, 0.5) is 17.1 Å². The molecule has 0 unspecified atom stereocenters. The summed E-state index contributed by atoms with van der Waals surface area (Å²) in [6.07, 6.45) is 0. The highest BCUT2D eigenvalue weighted by molar-refractivity contribution is 6.19. The topological polar surface area (TPSA) is 16.4 Å². The fraction of sp³-hybridized carbons (Fsp3) is 0. The summed E-state index contributed by atoms with van der Waals surface area (Å²) in [6.45, 7) is 0. The van der Waals surface area contributed by atoms with Crippen molar-refractivity contribution in [3.63, 3.8) is 0 Å².